The molecule has 0 atom stereocenters. The van der Waals surface area contributed by atoms with Gasteiger partial charge in [0.05, 0.1) is 5.92 Å². The van der Waals surface area contributed by atoms with E-state index < -0.39 is 12.1 Å². The molecule has 1 fully saturated rings. The van der Waals surface area contributed by atoms with E-state index in [0.29, 0.717) is 25.2 Å². The number of amides is 1. The lowest BCUT2D eigenvalue weighted by molar-refractivity contribution is -0.179. The van der Waals surface area contributed by atoms with Crippen LogP contribution in [0, 0.1) is 5.92 Å². The third kappa shape index (κ3) is 3.72. The molecule has 4 nitrogen and oxygen atoms in total. The van der Waals surface area contributed by atoms with Crippen molar-refractivity contribution in [3.63, 3.8) is 0 Å². The summed E-state index contributed by atoms with van der Waals surface area (Å²) in [4.78, 5) is 13.6. The van der Waals surface area contributed by atoms with Crippen molar-refractivity contribution < 1.29 is 18.0 Å². The molecule has 0 spiro atoms. The molecule has 27 heavy (non-hydrogen) atoms. The van der Waals surface area contributed by atoms with Gasteiger partial charge in [0, 0.05) is 42.3 Å². The third-order valence-corrected chi connectivity index (χ3v) is 5.27. The summed E-state index contributed by atoms with van der Waals surface area (Å²) >= 11 is 0. The van der Waals surface area contributed by atoms with Crippen molar-refractivity contribution in [2.24, 2.45) is 5.92 Å². The molecule has 0 unspecified atom stereocenters. The minimum atomic E-state index is -4.09. The molecule has 0 saturated carbocycles. The quantitative estimate of drug-likeness (QED) is 0.833. The molecular formula is C20H20F3N3O. The van der Waals surface area contributed by atoms with Crippen molar-refractivity contribution in [3.05, 3.63) is 53.6 Å². The normalized spacial score (nSPS) is 17.6. The summed E-state index contributed by atoms with van der Waals surface area (Å²) in [5.74, 6) is -1.23. The Morgan fingerprint density at radius 2 is 1.67 bits per heavy atom. The zero-order valence-corrected chi connectivity index (χ0v) is 14.6. The fourth-order valence-electron chi connectivity index (χ4n) is 3.70. The first-order valence-electron chi connectivity index (χ1n) is 9.00. The van der Waals surface area contributed by atoms with E-state index in [1.807, 2.05) is 41.3 Å². The van der Waals surface area contributed by atoms with Crippen LogP contribution in [0.25, 0.3) is 0 Å². The summed E-state index contributed by atoms with van der Waals surface area (Å²) in [5.41, 5.74) is 4.39. The van der Waals surface area contributed by atoms with Gasteiger partial charge < -0.3 is 15.5 Å². The topological polar surface area (TPSA) is 44.4 Å². The molecule has 1 saturated heterocycles. The number of hydrogen-bond donors (Lipinski definition) is 2. The Balaban J connectivity index is 1.39. The van der Waals surface area contributed by atoms with Crippen molar-refractivity contribution in [1.29, 1.82) is 0 Å². The Hall–Kier alpha value is -2.70. The van der Waals surface area contributed by atoms with E-state index in [9.17, 15) is 18.0 Å². The number of anilines is 3. The largest absolute Gasteiger partial charge is 0.391 e. The summed E-state index contributed by atoms with van der Waals surface area (Å²) in [7, 11) is 0. The number of nitrogens with one attached hydrogen (secondary N) is 2. The van der Waals surface area contributed by atoms with Crippen LogP contribution in [0.15, 0.2) is 42.5 Å². The van der Waals surface area contributed by atoms with E-state index in [1.165, 1.54) is 0 Å². The summed E-state index contributed by atoms with van der Waals surface area (Å²) in [6, 6.07) is 13.3. The lowest BCUT2D eigenvalue weighted by Crippen LogP contribution is -2.38. The summed E-state index contributed by atoms with van der Waals surface area (Å²) in [6.45, 7) is 1.38. The maximum absolute atomic E-state index is 12.8. The average molecular weight is 375 g/mol. The SMILES string of the molecule is O=C1NCc2cc(Nc3ccc(N4CCC(C(F)(F)F)CC4)cc3)ccc21. The zero-order valence-electron chi connectivity index (χ0n) is 14.6. The van der Waals surface area contributed by atoms with Gasteiger partial charge in [-0.3, -0.25) is 4.79 Å². The maximum Gasteiger partial charge on any atom is 0.391 e. The van der Waals surface area contributed by atoms with Crippen molar-refractivity contribution in [1.82, 2.24) is 5.32 Å². The molecule has 0 bridgehead atoms. The van der Waals surface area contributed by atoms with Crippen LogP contribution in [-0.2, 0) is 6.54 Å². The number of alkyl halides is 3. The first kappa shape index (κ1) is 17.7. The molecule has 0 aliphatic carbocycles. The van der Waals surface area contributed by atoms with Crippen LogP contribution in [0.5, 0.6) is 0 Å². The van der Waals surface area contributed by atoms with E-state index in [0.717, 1.165) is 22.6 Å². The maximum atomic E-state index is 12.8. The lowest BCUT2D eigenvalue weighted by atomic mass is 9.96. The molecule has 2 heterocycles. The van der Waals surface area contributed by atoms with Gasteiger partial charge in [0.2, 0.25) is 0 Å². The molecule has 7 heteroatoms. The van der Waals surface area contributed by atoms with Crippen LogP contribution in [0.3, 0.4) is 0 Å². The average Bonchev–Trinajstić information content (AvgIpc) is 3.02. The number of nitrogens with zero attached hydrogens (tertiary/aromatic N) is 1. The highest BCUT2D eigenvalue weighted by atomic mass is 19.4. The van der Waals surface area contributed by atoms with E-state index in [2.05, 4.69) is 10.6 Å². The van der Waals surface area contributed by atoms with E-state index >= 15 is 0 Å². The summed E-state index contributed by atoms with van der Waals surface area (Å²) < 4.78 is 38.4. The molecule has 0 aromatic heterocycles. The number of hydrogen-bond acceptors (Lipinski definition) is 3. The van der Waals surface area contributed by atoms with Gasteiger partial charge in [0.1, 0.15) is 0 Å². The van der Waals surface area contributed by atoms with Crippen LogP contribution in [0.2, 0.25) is 0 Å². The Labute approximate surface area is 155 Å². The molecule has 2 aromatic rings. The van der Waals surface area contributed by atoms with E-state index in [-0.39, 0.29) is 18.7 Å². The molecule has 0 radical (unpaired) electrons. The monoisotopic (exact) mass is 375 g/mol. The first-order chi connectivity index (χ1) is 12.9. The van der Waals surface area contributed by atoms with Crippen LogP contribution in [-0.4, -0.2) is 25.2 Å². The van der Waals surface area contributed by atoms with E-state index in [4.69, 9.17) is 0 Å². The fourth-order valence-corrected chi connectivity index (χ4v) is 3.70. The van der Waals surface area contributed by atoms with Crippen molar-refractivity contribution in [2.75, 3.05) is 23.3 Å². The number of rotatable bonds is 3. The second-order valence-corrected chi connectivity index (χ2v) is 7.03. The fraction of sp³-hybridized carbons (Fsp3) is 0.350. The van der Waals surface area contributed by atoms with Gasteiger partial charge in [-0.25, -0.2) is 0 Å². The van der Waals surface area contributed by atoms with Crippen molar-refractivity contribution in [2.45, 2.75) is 25.6 Å². The van der Waals surface area contributed by atoms with Gasteiger partial charge in [-0.05, 0) is 60.9 Å². The Morgan fingerprint density at radius 1 is 1.00 bits per heavy atom. The highest BCUT2D eigenvalue weighted by Crippen LogP contribution is 2.35. The highest BCUT2D eigenvalue weighted by Gasteiger charge is 2.41. The number of benzene rings is 2. The van der Waals surface area contributed by atoms with Gasteiger partial charge in [-0.15, -0.1) is 0 Å². The third-order valence-electron chi connectivity index (χ3n) is 5.27. The Kier molecular flexibility index (Phi) is 4.45. The van der Waals surface area contributed by atoms with Gasteiger partial charge in [-0.2, -0.15) is 13.2 Å². The molecule has 2 N–H and O–H groups in total. The predicted molar refractivity (Wildman–Crippen MR) is 98.3 cm³/mol. The standard InChI is InChI=1S/C20H20F3N3O/c21-20(22,23)14-7-9-26(10-8-14)17-4-1-15(2-5-17)25-16-3-6-18-13(11-16)12-24-19(18)27/h1-6,11,14,25H,7-10,12H2,(H,24,27). The predicted octanol–water partition coefficient (Wildman–Crippen LogP) is 4.45. The number of carbonyl (C=O) groups excluding carboxylic acids is 1. The Morgan fingerprint density at radius 3 is 2.33 bits per heavy atom. The zero-order chi connectivity index (χ0) is 19.0. The highest BCUT2D eigenvalue weighted by molar-refractivity contribution is 5.98. The number of halogens is 3. The second kappa shape index (κ2) is 6.79. The van der Waals surface area contributed by atoms with E-state index in [1.54, 1.807) is 6.07 Å². The number of fused-ring (bicyclic) bond motifs is 1. The van der Waals surface area contributed by atoms with Gasteiger partial charge in [0.15, 0.2) is 0 Å². The van der Waals surface area contributed by atoms with Crippen LogP contribution >= 0.6 is 0 Å². The van der Waals surface area contributed by atoms with Gasteiger partial charge >= 0.3 is 6.18 Å². The Bertz CT molecular complexity index is 841. The van der Waals surface area contributed by atoms with Gasteiger partial charge in [0.25, 0.3) is 5.91 Å². The molecular weight excluding hydrogens is 355 g/mol. The molecule has 2 aliphatic rings. The van der Waals surface area contributed by atoms with Crippen molar-refractivity contribution >= 4 is 23.0 Å². The molecule has 4 rings (SSSR count). The number of carbonyl (C=O) groups is 1. The molecule has 142 valence electrons. The van der Waals surface area contributed by atoms with Crippen LogP contribution in [0.4, 0.5) is 30.2 Å². The second-order valence-electron chi connectivity index (χ2n) is 7.03. The first-order valence-corrected chi connectivity index (χ1v) is 9.00. The minimum absolute atomic E-state index is 0.0461. The smallest absolute Gasteiger partial charge is 0.372 e. The van der Waals surface area contributed by atoms with Crippen LogP contribution < -0.4 is 15.5 Å². The molecule has 1 amide bonds. The number of piperidine rings is 1. The summed E-state index contributed by atoms with van der Waals surface area (Å²) in [6.07, 6.45) is -3.80. The van der Waals surface area contributed by atoms with Gasteiger partial charge in [-0.1, -0.05) is 0 Å². The molecule has 2 aromatic carbocycles. The molecule has 2 aliphatic heterocycles. The summed E-state index contributed by atoms with van der Waals surface area (Å²) in [5, 5.41) is 6.09. The lowest BCUT2D eigenvalue weighted by Gasteiger charge is -2.34. The minimum Gasteiger partial charge on any atom is -0.372 e. The van der Waals surface area contributed by atoms with Crippen molar-refractivity contribution in [3.8, 4) is 0 Å². The van der Waals surface area contributed by atoms with Crippen LogP contribution in [0.1, 0.15) is 28.8 Å².